The second-order valence-corrected chi connectivity index (χ2v) is 14.5. The van der Waals surface area contributed by atoms with Crippen LogP contribution in [0.3, 0.4) is 0 Å². The Morgan fingerprint density at radius 3 is 2.51 bits per heavy atom. The lowest BCUT2D eigenvalue weighted by Gasteiger charge is -2.38. The summed E-state index contributed by atoms with van der Waals surface area (Å²) in [6.45, 7) is 3.70. The number of benzene rings is 2. The van der Waals surface area contributed by atoms with Crippen molar-refractivity contribution in [2.24, 2.45) is 11.8 Å². The number of carbonyl (C=O) groups is 4. The smallest absolute Gasteiger partial charge is 0.263 e. The molecule has 0 radical (unpaired) electrons. The molecular weight excluding hydrogens is 634 g/mol. The van der Waals surface area contributed by atoms with Gasteiger partial charge in [0.05, 0.1) is 9.75 Å². The first-order valence-electron chi connectivity index (χ1n) is 16.1. The van der Waals surface area contributed by atoms with Gasteiger partial charge < -0.3 is 25.0 Å². The number of H-pyrrole nitrogens is 1. The molecule has 0 bridgehead atoms. The highest BCUT2D eigenvalue weighted by Gasteiger charge is 2.36. The van der Waals surface area contributed by atoms with Crippen molar-refractivity contribution in [3.8, 4) is 0 Å². The molecule has 4 aromatic rings. The first kappa shape index (κ1) is 32.9. The molecule has 246 valence electrons. The molecule has 0 aliphatic carbocycles. The molecule has 6 rings (SSSR count). The molecule has 3 amide bonds. The van der Waals surface area contributed by atoms with E-state index in [9.17, 15) is 19.2 Å². The second-order valence-electron chi connectivity index (χ2n) is 13.0. The Kier molecular flexibility index (Phi) is 9.82. The van der Waals surface area contributed by atoms with Gasteiger partial charge in [0.2, 0.25) is 11.8 Å². The van der Waals surface area contributed by atoms with Crippen LogP contribution >= 0.6 is 22.9 Å². The van der Waals surface area contributed by atoms with Crippen LogP contribution in [-0.4, -0.2) is 84.6 Å². The van der Waals surface area contributed by atoms with Gasteiger partial charge in [0.15, 0.2) is 5.78 Å². The molecule has 2 aromatic heterocycles. The van der Waals surface area contributed by atoms with E-state index in [4.69, 9.17) is 11.6 Å². The monoisotopic (exact) mass is 673 g/mol. The van der Waals surface area contributed by atoms with Crippen LogP contribution in [0, 0.1) is 11.8 Å². The minimum absolute atomic E-state index is 0.0637. The Balaban J connectivity index is 1.21. The Hall–Kier alpha value is -3.99. The highest BCUT2D eigenvalue weighted by molar-refractivity contribution is 7.15. The highest BCUT2D eigenvalue weighted by atomic mass is 35.5. The molecule has 1 fully saturated rings. The van der Waals surface area contributed by atoms with E-state index in [2.05, 4.69) is 15.2 Å². The number of hydrogen-bond acceptors (Lipinski definition) is 6. The van der Waals surface area contributed by atoms with Crippen LogP contribution in [-0.2, 0) is 22.4 Å². The predicted molar refractivity (Wildman–Crippen MR) is 186 cm³/mol. The molecule has 2 aliphatic heterocycles. The van der Waals surface area contributed by atoms with Crippen molar-refractivity contribution in [1.29, 1.82) is 0 Å². The molecule has 9 nitrogen and oxygen atoms in total. The number of carbonyl (C=O) groups excluding carboxylic acids is 4. The highest BCUT2D eigenvalue weighted by Crippen LogP contribution is 2.33. The van der Waals surface area contributed by atoms with Gasteiger partial charge in [0.25, 0.3) is 5.91 Å². The average molecular weight is 674 g/mol. The maximum Gasteiger partial charge on any atom is 0.263 e. The molecule has 4 heterocycles. The van der Waals surface area contributed by atoms with Crippen LogP contribution in [0.5, 0.6) is 0 Å². The molecule has 0 saturated carbocycles. The number of rotatable bonds is 9. The largest absolute Gasteiger partial charge is 0.361 e. The molecule has 2 aliphatic rings. The number of hydrogen-bond donors (Lipinski definition) is 2. The minimum Gasteiger partial charge on any atom is -0.361 e. The molecule has 0 unspecified atom stereocenters. The summed E-state index contributed by atoms with van der Waals surface area (Å²) in [5.74, 6) is -0.634. The van der Waals surface area contributed by atoms with Crippen molar-refractivity contribution < 1.29 is 19.2 Å². The lowest BCUT2D eigenvalue weighted by Crippen LogP contribution is -2.54. The fourth-order valence-corrected chi connectivity index (χ4v) is 7.97. The molecule has 2 atom stereocenters. The summed E-state index contributed by atoms with van der Waals surface area (Å²) >= 11 is 7.59. The van der Waals surface area contributed by atoms with Crippen molar-refractivity contribution in [1.82, 2.24) is 20.1 Å². The molecule has 0 spiro atoms. The van der Waals surface area contributed by atoms with Gasteiger partial charge in [-0.15, -0.1) is 11.3 Å². The molecule has 1 saturated heterocycles. The maximum atomic E-state index is 14.6. The first-order valence-corrected chi connectivity index (χ1v) is 17.3. The van der Waals surface area contributed by atoms with Gasteiger partial charge in [-0.25, -0.2) is 0 Å². The van der Waals surface area contributed by atoms with Crippen molar-refractivity contribution in [3.05, 3.63) is 86.7 Å². The fraction of sp³-hybridized carbons (Fsp3) is 0.389. The van der Waals surface area contributed by atoms with Gasteiger partial charge in [0.1, 0.15) is 6.04 Å². The summed E-state index contributed by atoms with van der Waals surface area (Å²) in [5, 5.41) is 4.81. The van der Waals surface area contributed by atoms with E-state index in [1.165, 1.54) is 18.3 Å². The minimum atomic E-state index is -0.792. The van der Waals surface area contributed by atoms with Gasteiger partial charge in [-0.05, 0) is 93.7 Å². The number of fused-ring (bicyclic) bond motifs is 2. The van der Waals surface area contributed by atoms with Crippen LogP contribution < -0.4 is 10.2 Å². The van der Waals surface area contributed by atoms with Gasteiger partial charge in [0, 0.05) is 66.3 Å². The van der Waals surface area contributed by atoms with Gasteiger partial charge in [-0.2, -0.15) is 0 Å². The summed E-state index contributed by atoms with van der Waals surface area (Å²) in [4.78, 5) is 63.4. The van der Waals surface area contributed by atoms with Crippen molar-refractivity contribution in [2.75, 3.05) is 45.2 Å². The summed E-state index contributed by atoms with van der Waals surface area (Å²) in [6.07, 6.45) is 4.05. The lowest BCUT2D eigenvalue weighted by atomic mass is 9.90. The number of likely N-dealkylation sites (tertiary alicyclic amines) is 1. The Bertz CT molecular complexity index is 1810. The molecule has 11 heteroatoms. The SMILES string of the molecule is CC(=O)c1ccc(C(=O)N2CCC(C(=O)N[C@H](Cc3c[nH]c4ccccc34)C(=O)N3C[C@H](CN(C)C)Cc4cc(Cl)ccc43)CC2)s1. The third-order valence-electron chi connectivity index (χ3n) is 9.20. The Labute approximate surface area is 283 Å². The number of para-hydroxylation sites is 1. The number of piperidine rings is 1. The third kappa shape index (κ3) is 7.30. The van der Waals surface area contributed by atoms with Crippen LogP contribution in [0.1, 0.15) is 50.2 Å². The van der Waals surface area contributed by atoms with Crippen LogP contribution in [0.25, 0.3) is 10.9 Å². The number of nitrogens with one attached hydrogen (secondary N) is 2. The number of Topliss-reactive ketones (excluding diaryl/α,β-unsaturated/α-hetero) is 1. The van der Waals surface area contributed by atoms with Crippen LogP contribution in [0.15, 0.2) is 60.8 Å². The lowest BCUT2D eigenvalue weighted by molar-refractivity contribution is -0.131. The normalized spacial score (nSPS) is 17.5. The van der Waals surface area contributed by atoms with E-state index in [0.29, 0.717) is 53.7 Å². The second kappa shape index (κ2) is 14.0. The van der Waals surface area contributed by atoms with E-state index in [-0.39, 0.29) is 35.3 Å². The van der Waals surface area contributed by atoms with Gasteiger partial charge in [-0.3, -0.25) is 19.2 Å². The summed E-state index contributed by atoms with van der Waals surface area (Å²) in [6, 6.07) is 16.2. The van der Waals surface area contributed by atoms with E-state index in [0.717, 1.165) is 40.7 Å². The summed E-state index contributed by atoms with van der Waals surface area (Å²) < 4.78 is 0. The molecule has 47 heavy (non-hydrogen) atoms. The van der Waals surface area contributed by atoms with Gasteiger partial charge >= 0.3 is 0 Å². The predicted octanol–water partition coefficient (Wildman–Crippen LogP) is 5.43. The first-order chi connectivity index (χ1) is 22.6. The van der Waals surface area contributed by atoms with E-state index >= 15 is 0 Å². The zero-order chi connectivity index (χ0) is 33.2. The number of anilines is 1. The maximum absolute atomic E-state index is 14.6. The van der Waals surface area contributed by atoms with Crippen LogP contribution in [0.2, 0.25) is 5.02 Å². The average Bonchev–Trinajstić information content (AvgIpc) is 3.71. The van der Waals surface area contributed by atoms with Crippen molar-refractivity contribution in [2.45, 2.75) is 38.6 Å². The number of aromatic nitrogens is 1. The number of amides is 3. The molecule has 2 aromatic carbocycles. The molecule has 2 N–H and O–H groups in total. The van der Waals surface area contributed by atoms with E-state index in [1.54, 1.807) is 17.0 Å². The summed E-state index contributed by atoms with van der Waals surface area (Å²) in [5.41, 5.74) is 3.79. The number of thiophene rings is 1. The quantitative estimate of drug-likeness (QED) is 0.231. The van der Waals surface area contributed by atoms with Crippen LogP contribution in [0.4, 0.5) is 5.69 Å². The van der Waals surface area contributed by atoms with Crippen molar-refractivity contribution >= 4 is 63.0 Å². The Morgan fingerprint density at radius 1 is 1.04 bits per heavy atom. The Morgan fingerprint density at radius 2 is 1.79 bits per heavy atom. The zero-order valence-electron chi connectivity index (χ0n) is 26.9. The molecular formula is C36H40ClN5O4S. The number of ketones is 1. The summed E-state index contributed by atoms with van der Waals surface area (Å²) in [7, 11) is 4.06. The van der Waals surface area contributed by atoms with E-state index in [1.807, 2.05) is 67.7 Å². The number of aromatic amines is 1. The zero-order valence-corrected chi connectivity index (χ0v) is 28.5. The standard InChI is InChI=1S/C36H40ClN5O4S/c1-22(43)32-10-11-33(47-32)36(46)41-14-12-24(13-15-41)34(44)39-30(18-26-19-38-29-7-5-4-6-28(26)29)35(45)42-21-23(20-40(2)3)16-25-17-27(37)8-9-31(25)42/h4-11,17,19,23-24,30,38H,12-16,18,20-21H2,1-3H3,(H,39,44)/t23-,30+/m0/s1. The van der Waals surface area contributed by atoms with E-state index < -0.39 is 6.04 Å². The topological polar surface area (TPSA) is 106 Å². The number of nitrogens with zero attached hydrogens (tertiary/aromatic N) is 3. The number of halogens is 1. The van der Waals surface area contributed by atoms with Gasteiger partial charge in [-0.1, -0.05) is 29.8 Å². The fourth-order valence-electron chi connectivity index (χ4n) is 6.90. The third-order valence-corrected chi connectivity index (χ3v) is 10.6. The van der Waals surface area contributed by atoms with Crippen molar-refractivity contribution in [3.63, 3.8) is 0 Å².